The Balaban J connectivity index is 2.52. The van der Waals surface area contributed by atoms with Crippen molar-refractivity contribution in [2.75, 3.05) is 5.73 Å². The zero-order valence-electron chi connectivity index (χ0n) is 11.3. The number of anilines is 1. The van der Waals surface area contributed by atoms with Crippen molar-refractivity contribution in [3.05, 3.63) is 23.2 Å². The van der Waals surface area contributed by atoms with Crippen LogP contribution in [0, 0.1) is 5.92 Å². The monoisotopic (exact) mass is 279 g/mol. The van der Waals surface area contributed by atoms with Crippen molar-refractivity contribution in [1.82, 2.24) is 20.2 Å². The van der Waals surface area contributed by atoms with E-state index in [9.17, 15) is 0 Å². The van der Waals surface area contributed by atoms with Crippen molar-refractivity contribution in [1.29, 1.82) is 0 Å². The normalized spacial score (nSPS) is 12.9. The third-order valence-electron chi connectivity index (χ3n) is 3.23. The molecule has 102 valence electrons. The molecular formula is C13H18ClN5. The maximum atomic E-state index is 6.22. The lowest BCUT2D eigenvalue weighted by Gasteiger charge is -2.20. The smallest absolute Gasteiger partial charge is 0.183 e. The highest BCUT2D eigenvalue weighted by Gasteiger charge is 2.21. The Morgan fingerprint density at radius 1 is 1.37 bits per heavy atom. The number of tetrazole rings is 1. The number of aromatic nitrogens is 4. The van der Waals surface area contributed by atoms with Crippen LogP contribution in [0.15, 0.2) is 18.2 Å². The number of hydrogen-bond donors (Lipinski definition) is 1. The number of nitrogen functional groups attached to an aromatic ring is 1. The Morgan fingerprint density at radius 2 is 2.11 bits per heavy atom. The topological polar surface area (TPSA) is 69.6 Å². The highest BCUT2D eigenvalue weighted by atomic mass is 35.5. The largest absolute Gasteiger partial charge is 0.399 e. The van der Waals surface area contributed by atoms with E-state index < -0.39 is 0 Å². The summed E-state index contributed by atoms with van der Waals surface area (Å²) in [4.78, 5) is 0. The Bertz CT molecular complexity index is 564. The van der Waals surface area contributed by atoms with Crippen molar-refractivity contribution in [2.45, 2.75) is 33.2 Å². The second-order valence-corrected chi connectivity index (χ2v) is 5.31. The van der Waals surface area contributed by atoms with E-state index in [-0.39, 0.29) is 6.04 Å². The quantitative estimate of drug-likeness (QED) is 0.873. The summed E-state index contributed by atoms with van der Waals surface area (Å²) in [6.07, 6.45) is 0.954. The van der Waals surface area contributed by atoms with Gasteiger partial charge in [-0.1, -0.05) is 32.4 Å². The third-order valence-corrected chi connectivity index (χ3v) is 3.56. The number of rotatable bonds is 4. The van der Waals surface area contributed by atoms with Crippen LogP contribution in [0.2, 0.25) is 5.02 Å². The van der Waals surface area contributed by atoms with Crippen molar-refractivity contribution < 1.29 is 0 Å². The summed E-state index contributed by atoms with van der Waals surface area (Å²) in [6.45, 7) is 6.43. The van der Waals surface area contributed by atoms with Gasteiger partial charge >= 0.3 is 0 Å². The van der Waals surface area contributed by atoms with Gasteiger partial charge in [-0.3, -0.25) is 0 Å². The van der Waals surface area contributed by atoms with Gasteiger partial charge < -0.3 is 5.73 Å². The molecule has 2 rings (SSSR count). The maximum absolute atomic E-state index is 6.22. The fourth-order valence-corrected chi connectivity index (χ4v) is 2.44. The van der Waals surface area contributed by atoms with Gasteiger partial charge in [-0.25, -0.2) is 4.68 Å². The van der Waals surface area contributed by atoms with Gasteiger partial charge in [-0.05, 0) is 41.0 Å². The minimum absolute atomic E-state index is 0.238. The molecule has 0 aliphatic carbocycles. The second kappa shape index (κ2) is 5.57. The molecule has 2 N–H and O–H groups in total. The summed E-state index contributed by atoms with van der Waals surface area (Å²) in [6, 6.07) is 5.57. The van der Waals surface area contributed by atoms with Gasteiger partial charge in [0.1, 0.15) is 0 Å². The van der Waals surface area contributed by atoms with Crippen LogP contribution >= 0.6 is 11.6 Å². The lowest BCUT2D eigenvalue weighted by Crippen LogP contribution is -2.17. The average molecular weight is 280 g/mol. The molecule has 1 heterocycles. The highest BCUT2D eigenvalue weighted by molar-refractivity contribution is 6.33. The fourth-order valence-electron chi connectivity index (χ4n) is 2.24. The van der Waals surface area contributed by atoms with E-state index in [4.69, 9.17) is 17.3 Å². The molecule has 5 nitrogen and oxygen atoms in total. The first kappa shape index (κ1) is 13.8. The van der Waals surface area contributed by atoms with E-state index in [2.05, 4.69) is 36.3 Å². The third kappa shape index (κ3) is 2.71. The first-order valence-electron chi connectivity index (χ1n) is 6.37. The number of nitrogens with zero attached hydrogens (tertiary/aromatic N) is 4. The van der Waals surface area contributed by atoms with Crippen LogP contribution in [0.1, 0.15) is 33.2 Å². The van der Waals surface area contributed by atoms with Crippen LogP contribution in [0.5, 0.6) is 0 Å². The van der Waals surface area contributed by atoms with E-state index in [1.807, 2.05) is 4.68 Å². The van der Waals surface area contributed by atoms with Gasteiger partial charge in [-0.15, -0.1) is 5.10 Å². The summed E-state index contributed by atoms with van der Waals surface area (Å²) in [5.41, 5.74) is 7.23. The van der Waals surface area contributed by atoms with Crippen molar-refractivity contribution in [3.63, 3.8) is 0 Å². The van der Waals surface area contributed by atoms with E-state index in [1.165, 1.54) is 0 Å². The molecule has 1 unspecified atom stereocenters. The van der Waals surface area contributed by atoms with Gasteiger partial charge in [0.15, 0.2) is 5.82 Å². The SMILES string of the molecule is CCC(C(C)C)n1nnnc1-c1cc(N)ccc1Cl. The molecule has 2 aromatic rings. The molecule has 0 radical (unpaired) electrons. The maximum Gasteiger partial charge on any atom is 0.183 e. The zero-order chi connectivity index (χ0) is 14.0. The predicted molar refractivity (Wildman–Crippen MR) is 76.8 cm³/mol. The summed E-state index contributed by atoms with van der Waals surface area (Å²) in [5, 5.41) is 12.6. The minimum atomic E-state index is 0.238. The molecule has 0 amide bonds. The van der Waals surface area contributed by atoms with E-state index in [0.717, 1.165) is 12.0 Å². The zero-order valence-corrected chi connectivity index (χ0v) is 12.1. The number of benzene rings is 1. The summed E-state index contributed by atoms with van der Waals surface area (Å²) < 4.78 is 1.84. The van der Waals surface area contributed by atoms with Crippen LogP contribution in [-0.4, -0.2) is 20.2 Å². The average Bonchev–Trinajstić information content (AvgIpc) is 2.81. The van der Waals surface area contributed by atoms with Crippen molar-refractivity contribution >= 4 is 17.3 Å². The molecule has 1 aromatic heterocycles. The molecule has 1 atom stereocenters. The number of halogens is 1. The first-order valence-corrected chi connectivity index (χ1v) is 6.75. The van der Waals surface area contributed by atoms with Crippen LogP contribution < -0.4 is 5.73 Å². The van der Waals surface area contributed by atoms with Gasteiger partial charge in [0.25, 0.3) is 0 Å². The molecule has 19 heavy (non-hydrogen) atoms. The molecular weight excluding hydrogens is 262 g/mol. The van der Waals surface area contributed by atoms with E-state index in [0.29, 0.717) is 22.5 Å². The molecule has 0 bridgehead atoms. The Labute approximate surface area is 117 Å². The first-order chi connectivity index (χ1) is 9.04. The molecule has 0 saturated heterocycles. The van der Waals surface area contributed by atoms with Crippen molar-refractivity contribution in [3.8, 4) is 11.4 Å². The van der Waals surface area contributed by atoms with Crippen LogP contribution in [0.25, 0.3) is 11.4 Å². The number of nitrogens with two attached hydrogens (primary N) is 1. The lowest BCUT2D eigenvalue weighted by molar-refractivity contribution is 0.333. The lowest BCUT2D eigenvalue weighted by atomic mass is 10.0. The molecule has 1 aromatic carbocycles. The van der Waals surface area contributed by atoms with Gasteiger partial charge in [0.05, 0.1) is 11.1 Å². The Hall–Kier alpha value is -1.62. The van der Waals surface area contributed by atoms with E-state index >= 15 is 0 Å². The molecule has 0 saturated carbocycles. The molecule has 0 spiro atoms. The van der Waals surface area contributed by atoms with Gasteiger partial charge in [-0.2, -0.15) is 0 Å². The summed E-state index contributed by atoms with van der Waals surface area (Å²) in [7, 11) is 0. The van der Waals surface area contributed by atoms with Gasteiger partial charge in [0, 0.05) is 11.3 Å². The summed E-state index contributed by atoms with van der Waals surface area (Å²) in [5.74, 6) is 1.10. The second-order valence-electron chi connectivity index (χ2n) is 4.91. The molecule has 6 heteroatoms. The standard InChI is InChI=1S/C13H18ClN5/c1-4-12(8(2)3)19-13(16-17-18-19)10-7-9(15)5-6-11(10)14/h5-8,12H,4,15H2,1-3H3. The molecule has 0 aliphatic rings. The van der Waals surface area contributed by atoms with Crippen molar-refractivity contribution in [2.24, 2.45) is 5.92 Å². The van der Waals surface area contributed by atoms with E-state index in [1.54, 1.807) is 18.2 Å². The summed E-state index contributed by atoms with van der Waals surface area (Å²) >= 11 is 6.22. The Kier molecular flexibility index (Phi) is 4.04. The Morgan fingerprint density at radius 3 is 2.74 bits per heavy atom. The predicted octanol–water partition coefficient (Wildman–Crippen LogP) is 3.18. The fraction of sp³-hybridized carbons (Fsp3) is 0.462. The molecule has 0 fully saturated rings. The molecule has 0 aliphatic heterocycles. The van der Waals surface area contributed by atoms with Crippen LogP contribution in [0.4, 0.5) is 5.69 Å². The van der Waals surface area contributed by atoms with Crippen LogP contribution in [-0.2, 0) is 0 Å². The van der Waals surface area contributed by atoms with Crippen LogP contribution in [0.3, 0.4) is 0 Å². The minimum Gasteiger partial charge on any atom is -0.399 e. The van der Waals surface area contributed by atoms with Gasteiger partial charge in [0.2, 0.25) is 0 Å². The number of hydrogen-bond acceptors (Lipinski definition) is 4. The highest BCUT2D eigenvalue weighted by Crippen LogP contribution is 2.31.